The number of fused-ring (bicyclic) bond motifs is 3. The number of nitrogens with one attached hydrogen (secondary N) is 1. The monoisotopic (exact) mass is 458 g/mol. The fraction of sp³-hybridized carbons (Fsp3) is 0.222. The molecule has 0 bridgehead atoms. The average molecular weight is 459 g/mol. The fourth-order valence-corrected chi connectivity index (χ4v) is 4.26. The number of rotatable bonds is 8. The largest absolute Gasteiger partial charge is 0.480 e. The summed E-state index contributed by atoms with van der Waals surface area (Å²) >= 11 is 0. The number of carboxylic acid groups (broad SMARTS) is 1. The van der Waals surface area contributed by atoms with Gasteiger partial charge in [0.1, 0.15) is 13.2 Å². The van der Waals surface area contributed by atoms with E-state index in [1.807, 2.05) is 24.3 Å². The van der Waals surface area contributed by atoms with Crippen LogP contribution in [0.5, 0.6) is 0 Å². The molecule has 0 atom stereocenters. The second kappa shape index (κ2) is 10.2. The Morgan fingerprint density at radius 2 is 1.50 bits per heavy atom. The maximum Gasteiger partial charge on any atom is 0.407 e. The minimum Gasteiger partial charge on any atom is -0.480 e. The zero-order valence-corrected chi connectivity index (χ0v) is 18.9. The molecule has 2 N–H and O–H groups in total. The van der Waals surface area contributed by atoms with Gasteiger partial charge in [0.25, 0.3) is 5.91 Å². The number of alkyl carbamates (subject to hydrolysis) is 1. The smallest absolute Gasteiger partial charge is 0.407 e. The van der Waals surface area contributed by atoms with E-state index in [0.717, 1.165) is 16.7 Å². The highest BCUT2D eigenvalue weighted by molar-refractivity contribution is 5.95. The maximum atomic E-state index is 12.4. The van der Waals surface area contributed by atoms with Crippen molar-refractivity contribution >= 4 is 18.0 Å². The van der Waals surface area contributed by atoms with E-state index in [2.05, 4.69) is 29.6 Å². The van der Waals surface area contributed by atoms with Crippen molar-refractivity contribution < 1.29 is 24.2 Å². The Kier molecular flexibility index (Phi) is 6.92. The van der Waals surface area contributed by atoms with Crippen molar-refractivity contribution in [3.63, 3.8) is 0 Å². The Morgan fingerprint density at radius 3 is 2.06 bits per heavy atom. The van der Waals surface area contributed by atoms with Crippen LogP contribution in [-0.4, -0.2) is 47.7 Å². The molecule has 0 saturated carbocycles. The topological polar surface area (TPSA) is 95.9 Å². The minimum absolute atomic E-state index is 0.00393. The average Bonchev–Trinajstić information content (AvgIpc) is 3.18. The summed E-state index contributed by atoms with van der Waals surface area (Å²) < 4.78 is 5.54. The van der Waals surface area contributed by atoms with Crippen molar-refractivity contribution in [3.8, 4) is 11.1 Å². The van der Waals surface area contributed by atoms with Crippen molar-refractivity contribution in [2.24, 2.45) is 0 Å². The number of benzene rings is 3. The number of aliphatic carboxylic acids is 1. The van der Waals surface area contributed by atoms with Gasteiger partial charge >= 0.3 is 12.1 Å². The molecule has 0 aromatic heterocycles. The summed E-state index contributed by atoms with van der Waals surface area (Å²) in [7, 11) is 0. The van der Waals surface area contributed by atoms with Gasteiger partial charge in [-0.2, -0.15) is 0 Å². The second-order valence-electron chi connectivity index (χ2n) is 8.09. The van der Waals surface area contributed by atoms with Gasteiger partial charge in [0.15, 0.2) is 0 Å². The summed E-state index contributed by atoms with van der Waals surface area (Å²) in [6.45, 7) is 2.17. The van der Waals surface area contributed by atoms with Crippen LogP contribution in [0.25, 0.3) is 11.1 Å². The summed E-state index contributed by atoms with van der Waals surface area (Å²) in [5, 5.41) is 11.7. The summed E-state index contributed by atoms with van der Waals surface area (Å²) in [6, 6.07) is 23.0. The number of ether oxygens (including phenoxy) is 1. The Bertz CT molecular complexity index is 1160. The van der Waals surface area contributed by atoms with Gasteiger partial charge < -0.3 is 20.1 Å². The molecular weight excluding hydrogens is 432 g/mol. The molecule has 0 spiro atoms. The van der Waals surface area contributed by atoms with Crippen LogP contribution in [0.3, 0.4) is 0 Å². The van der Waals surface area contributed by atoms with Crippen molar-refractivity contribution in [2.75, 3.05) is 19.7 Å². The van der Waals surface area contributed by atoms with Crippen LogP contribution in [-0.2, 0) is 16.1 Å². The molecular formula is C27H26N2O5. The molecule has 34 heavy (non-hydrogen) atoms. The Hall–Kier alpha value is -4.13. The summed E-state index contributed by atoms with van der Waals surface area (Å²) in [6.07, 6.45) is -0.513. The Balaban J connectivity index is 1.32. The van der Waals surface area contributed by atoms with Crippen LogP contribution in [0.1, 0.15) is 39.9 Å². The molecule has 0 aliphatic heterocycles. The molecule has 2 amide bonds. The third-order valence-electron chi connectivity index (χ3n) is 5.98. The van der Waals surface area contributed by atoms with Crippen LogP contribution in [0.2, 0.25) is 0 Å². The SMILES string of the molecule is CCN(CC(=O)O)C(=O)c1ccc(CNC(=O)OCC2c3ccccc3-c3ccccc32)cc1. The molecule has 0 radical (unpaired) electrons. The second-order valence-corrected chi connectivity index (χ2v) is 8.09. The molecule has 0 heterocycles. The number of amides is 2. The third-order valence-corrected chi connectivity index (χ3v) is 5.98. The highest BCUT2D eigenvalue weighted by Crippen LogP contribution is 2.44. The molecule has 1 aliphatic rings. The predicted octanol–water partition coefficient (Wildman–Crippen LogP) is 4.27. The van der Waals surface area contributed by atoms with Gasteiger partial charge in [-0.05, 0) is 46.9 Å². The van der Waals surface area contributed by atoms with E-state index in [-0.39, 0.29) is 31.5 Å². The van der Waals surface area contributed by atoms with Crippen molar-refractivity contribution in [2.45, 2.75) is 19.4 Å². The van der Waals surface area contributed by atoms with Crippen LogP contribution < -0.4 is 5.32 Å². The zero-order valence-electron chi connectivity index (χ0n) is 18.9. The zero-order chi connectivity index (χ0) is 24.1. The number of carbonyl (C=O) groups is 3. The summed E-state index contributed by atoms with van der Waals surface area (Å²) in [4.78, 5) is 37.0. The molecule has 3 aromatic carbocycles. The van der Waals surface area contributed by atoms with Crippen molar-refractivity contribution in [3.05, 3.63) is 95.1 Å². The first-order chi connectivity index (χ1) is 16.5. The van der Waals surface area contributed by atoms with Crippen molar-refractivity contribution in [1.29, 1.82) is 0 Å². The molecule has 1 aliphatic carbocycles. The number of nitrogens with zero attached hydrogens (tertiary/aromatic N) is 1. The lowest BCUT2D eigenvalue weighted by Crippen LogP contribution is -2.35. The number of carbonyl (C=O) groups excluding carboxylic acids is 2. The lowest BCUT2D eigenvalue weighted by Gasteiger charge is -2.18. The van der Waals surface area contributed by atoms with Gasteiger partial charge in [-0.25, -0.2) is 4.79 Å². The normalized spacial score (nSPS) is 11.9. The van der Waals surface area contributed by atoms with Crippen molar-refractivity contribution in [1.82, 2.24) is 10.2 Å². The molecule has 0 saturated heterocycles. The third kappa shape index (κ3) is 4.93. The Labute approximate surface area is 198 Å². The quantitative estimate of drug-likeness (QED) is 0.526. The first-order valence-corrected chi connectivity index (χ1v) is 11.2. The highest BCUT2D eigenvalue weighted by Gasteiger charge is 2.29. The molecule has 4 rings (SSSR count). The van der Waals surface area contributed by atoms with Gasteiger partial charge in [-0.15, -0.1) is 0 Å². The van der Waals surface area contributed by atoms with E-state index in [1.54, 1.807) is 31.2 Å². The molecule has 7 heteroatoms. The molecule has 0 unspecified atom stereocenters. The van der Waals surface area contributed by atoms with Gasteiger partial charge in [0.05, 0.1) is 0 Å². The molecule has 174 valence electrons. The van der Waals surface area contributed by atoms with E-state index >= 15 is 0 Å². The molecule has 0 fully saturated rings. The van der Waals surface area contributed by atoms with E-state index in [4.69, 9.17) is 9.84 Å². The van der Waals surface area contributed by atoms with E-state index in [9.17, 15) is 14.4 Å². The lowest BCUT2D eigenvalue weighted by molar-refractivity contribution is -0.137. The van der Waals surface area contributed by atoms with Crippen LogP contribution in [0.15, 0.2) is 72.8 Å². The number of hydrogen-bond donors (Lipinski definition) is 2. The molecule has 3 aromatic rings. The fourth-order valence-electron chi connectivity index (χ4n) is 4.26. The standard InChI is InChI=1S/C27H26N2O5/c1-2-29(16-25(30)31)26(32)19-13-11-18(12-14-19)15-28-27(33)34-17-24-22-9-5-3-7-20(22)21-8-4-6-10-23(21)24/h3-14,24H,2,15-17H2,1H3,(H,28,33)(H,30,31). The van der Waals surface area contributed by atoms with Gasteiger partial charge in [-0.1, -0.05) is 60.7 Å². The van der Waals surface area contributed by atoms with E-state index in [0.29, 0.717) is 12.1 Å². The summed E-state index contributed by atoms with van der Waals surface area (Å²) in [5.74, 6) is -1.41. The van der Waals surface area contributed by atoms with E-state index < -0.39 is 12.1 Å². The summed E-state index contributed by atoms with van der Waals surface area (Å²) in [5.41, 5.74) is 5.85. The minimum atomic E-state index is -1.06. The highest BCUT2D eigenvalue weighted by atomic mass is 16.5. The number of likely N-dealkylation sites (N-methyl/N-ethyl adjacent to an activating group) is 1. The number of carboxylic acids is 1. The van der Waals surface area contributed by atoms with Crippen LogP contribution in [0.4, 0.5) is 4.79 Å². The maximum absolute atomic E-state index is 12.4. The predicted molar refractivity (Wildman–Crippen MR) is 128 cm³/mol. The molecule has 7 nitrogen and oxygen atoms in total. The lowest BCUT2D eigenvalue weighted by atomic mass is 9.98. The van der Waals surface area contributed by atoms with Gasteiger partial charge in [0.2, 0.25) is 0 Å². The van der Waals surface area contributed by atoms with Gasteiger partial charge in [0, 0.05) is 24.6 Å². The first-order valence-electron chi connectivity index (χ1n) is 11.2. The van der Waals surface area contributed by atoms with Crippen LogP contribution in [0, 0.1) is 0 Å². The van der Waals surface area contributed by atoms with Crippen LogP contribution >= 0.6 is 0 Å². The Morgan fingerprint density at radius 1 is 0.912 bits per heavy atom. The van der Waals surface area contributed by atoms with Gasteiger partial charge in [-0.3, -0.25) is 9.59 Å². The first kappa shape index (κ1) is 23.0. The van der Waals surface area contributed by atoms with E-state index in [1.165, 1.54) is 16.0 Å². The number of hydrogen-bond acceptors (Lipinski definition) is 4.